The van der Waals surface area contributed by atoms with Crippen LogP contribution in [0.4, 0.5) is 0 Å². The number of carbonyl (C=O) groups excluding carboxylic acids is 1. The number of rotatable bonds is 2. The van der Waals surface area contributed by atoms with Gasteiger partial charge < -0.3 is 10.6 Å². The third-order valence-corrected chi connectivity index (χ3v) is 3.79. The summed E-state index contributed by atoms with van der Waals surface area (Å²) in [5, 5.41) is 0.704. The molecular formula is C14H19ClN2O. The quantitative estimate of drug-likeness (QED) is 0.895. The molecule has 1 aromatic rings. The summed E-state index contributed by atoms with van der Waals surface area (Å²) in [6.45, 7) is 2.69. The Balaban J connectivity index is 2.35. The number of amides is 1. The number of carbonyl (C=O) groups is 1. The van der Waals surface area contributed by atoms with Crippen LogP contribution in [0.25, 0.3) is 0 Å². The normalized spacial score (nSPS) is 25.1. The Hall–Kier alpha value is -1.06. The molecule has 0 bridgehead atoms. The summed E-state index contributed by atoms with van der Waals surface area (Å²) < 4.78 is 0. The molecule has 4 heteroatoms. The average molecular weight is 267 g/mol. The summed E-state index contributed by atoms with van der Waals surface area (Å²) in [5.41, 5.74) is 7.32. The molecule has 0 spiro atoms. The maximum absolute atomic E-state index is 12.1. The van der Waals surface area contributed by atoms with E-state index in [0.29, 0.717) is 18.0 Å². The lowest BCUT2D eigenvalue weighted by atomic mass is 9.96. The highest BCUT2D eigenvalue weighted by Gasteiger charge is 2.31. The van der Waals surface area contributed by atoms with Crippen molar-refractivity contribution in [3.63, 3.8) is 0 Å². The summed E-state index contributed by atoms with van der Waals surface area (Å²) in [4.78, 5) is 14.0. The van der Waals surface area contributed by atoms with Gasteiger partial charge in [0.15, 0.2) is 0 Å². The van der Waals surface area contributed by atoms with E-state index in [2.05, 4.69) is 0 Å². The van der Waals surface area contributed by atoms with Gasteiger partial charge in [0.05, 0.1) is 6.04 Å². The second-order valence-corrected chi connectivity index (χ2v) is 5.17. The highest BCUT2D eigenvalue weighted by Crippen LogP contribution is 2.30. The van der Waals surface area contributed by atoms with Gasteiger partial charge in [-0.2, -0.15) is 0 Å². The molecule has 2 N–H and O–H groups in total. The number of likely N-dealkylation sites (N-methyl/N-ethyl adjacent to an activating group) is 1. The zero-order valence-electron chi connectivity index (χ0n) is 10.6. The van der Waals surface area contributed by atoms with Crippen molar-refractivity contribution >= 4 is 17.5 Å². The van der Waals surface area contributed by atoms with Gasteiger partial charge in [-0.05, 0) is 37.5 Å². The fourth-order valence-electron chi connectivity index (χ4n) is 2.64. The first-order valence-corrected chi connectivity index (χ1v) is 6.81. The molecule has 3 nitrogen and oxygen atoms in total. The second kappa shape index (κ2) is 5.72. The molecule has 1 fully saturated rings. The van der Waals surface area contributed by atoms with Crippen LogP contribution in [0.1, 0.15) is 37.8 Å². The Bertz CT molecular complexity index is 418. The Morgan fingerprint density at radius 2 is 2.06 bits per heavy atom. The number of hydrogen-bond donors (Lipinski definition) is 1. The van der Waals surface area contributed by atoms with E-state index in [-0.39, 0.29) is 18.0 Å². The van der Waals surface area contributed by atoms with Gasteiger partial charge in [-0.1, -0.05) is 23.7 Å². The Kier molecular flexibility index (Phi) is 4.25. The summed E-state index contributed by atoms with van der Waals surface area (Å²) in [7, 11) is 0. The zero-order valence-corrected chi connectivity index (χ0v) is 11.4. The minimum atomic E-state index is -0.0257. The fourth-order valence-corrected chi connectivity index (χ4v) is 2.76. The number of nitrogens with zero attached hydrogens (tertiary/aromatic N) is 1. The zero-order chi connectivity index (χ0) is 13.1. The molecule has 2 unspecified atom stereocenters. The summed E-state index contributed by atoms with van der Waals surface area (Å²) in [6, 6.07) is 7.61. The lowest BCUT2D eigenvalue weighted by molar-refractivity contribution is -0.133. The molecule has 18 heavy (non-hydrogen) atoms. The number of halogens is 1. The van der Waals surface area contributed by atoms with Crippen LogP contribution in [-0.2, 0) is 4.79 Å². The Labute approximate surface area is 113 Å². The molecular weight excluding hydrogens is 248 g/mol. The predicted molar refractivity (Wildman–Crippen MR) is 73.4 cm³/mol. The Morgan fingerprint density at radius 3 is 2.67 bits per heavy atom. The van der Waals surface area contributed by atoms with Gasteiger partial charge in [0, 0.05) is 24.0 Å². The van der Waals surface area contributed by atoms with Crippen molar-refractivity contribution in [2.75, 3.05) is 6.54 Å². The van der Waals surface area contributed by atoms with E-state index < -0.39 is 0 Å². The highest BCUT2D eigenvalue weighted by molar-refractivity contribution is 6.30. The minimum absolute atomic E-state index is 0.00224. The number of nitrogens with two attached hydrogens (primary N) is 1. The lowest BCUT2D eigenvalue weighted by Crippen LogP contribution is -2.42. The van der Waals surface area contributed by atoms with Gasteiger partial charge >= 0.3 is 0 Å². The molecule has 1 aliphatic rings. The van der Waals surface area contributed by atoms with Crippen molar-refractivity contribution in [1.29, 1.82) is 0 Å². The number of hydrogen-bond acceptors (Lipinski definition) is 2. The first-order valence-electron chi connectivity index (χ1n) is 6.44. The second-order valence-electron chi connectivity index (χ2n) is 4.73. The van der Waals surface area contributed by atoms with Gasteiger partial charge in [-0.15, -0.1) is 0 Å². The summed E-state index contributed by atoms with van der Waals surface area (Å²) >= 11 is 5.91. The van der Waals surface area contributed by atoms with Gasteiger partial charge in [-0.25, -0.2) is 0 Å². The van der Waals surface area contributed by atoms with Crippen molar-refractivity contribution in [3.8, 4) is 0 Å². The molecule has 1 aromatic carbocycles. The van der Waals surface area contributed by atoms with Crippen LogP contribution in [0.3, 0.4) is 0 Å². The van der Waals surface area contributed by atoms with E-state index in [4.69, 9.17) is 17.3 Å². The maximum Gasteiger partial charge on any atom is 0.223 e. The summed E-state index contributed by atoms with van der Waals surface area (Å²) in [5.74, 6) is 0.199. The van der Waals surface area contributed by atoms with Crippen molar-refractivity contribution in [3.05, 3.63) is 34.9 Å². The van der Waals surface area contributed by atoms with Crippen LogP contribution in [0.2, 0.25) is 5.02 Å². The highest BCUT2D eigenvalue weighted by atomic mass is 35.5. The molecule has 0 aliphatic carbocycles. The van der Waals surface area contributed by atoms with Crippen LogP contribution in [0.5, 0.6) is 0 Å². The van der Waals surface area contributed by atoms with Crippen LogP contribution < -0.4 is 5.73 Å². The average Bonchev–Trinajstić information content (AvgIpc) is 2.49. The van der Waals surface area contributed by atoms with Crippen molar-refractivity contribution < 1.29 is 4.79 Å². The SMILES string of the molecule is CCN1C(=O)CCCC(N)C1c1ccc(Cl)cc1. The molecule has 1 saturated heterocycles. The van der Waals surface area contributed by atoms with Gasteiger partial charge in [0.2, 0.25) is 5.91 Å². The van der Waals surface area contributed by atoms with Gasteiger partial charge in [-0.3, -0.25) is 4.79 Å². The van der Waals surface area contributed by atoms with E-state index >= 15 is 0 Å². The first-order chi connectivity index (χ1) is 8.63. The number of likely N-dealkylation sites (tertiary alicyclic amines) is 1. The van der Waals surface area contributed by atoms with Crippen molar-refractivity contribution in [1.82, 2.24) is 4.90 Å². The van der Waals surface area contributed by atoms with E-state index in [1.807, 2.05) is 36.1 Å². The molecule has 2 atom stereocenters. The molecule has 98 valence electrons. The molecule has 0 radical (unpaired) electrons. The smallest absolute Gasteiger partial charge is 0.223 e. The fraction of sp³-hybridized carbons (Fsp3) is 0.500. The molecule has 0 saturated carbocycles. The lowest BCUT2D eigenvalue weighted by Gasteiger charge is -2.33. The van der Waals surface area contributed by atoms with E-state index in [9.17, 15) is 4.79 Å². The maximum atomic E-state index is 12.1. The van der Waals surface area contributed by atoms with Crippen LogP contribution in [-0.4, -0.2) is 23.4 Å². The number of benzene rings is 1. The molecule has 1 aliphatic heterocycles. The van der Waals surface area contributed by atoms with Crippen molar-refractivity contribution in [2.24, 2.45) is 5.73 Å². The van der Waals surface area contributed by atoms with E-state index in [1.54, 1.807) is 0 Å². The monoisotopic (exact) mass is 266 g/mol. The van der Waals surface area contributed by atoms with E-state index in [1.165, 1.54) is 0 Å². The van der Waals surface area contributed by atoms with Gasteiger partial charge in [0.25, 0.3) is 0 Å². The molecule has 1 heterocycles. The molecule has 2 rings (SSSR count). The standard InChI is InChI=1S/C14H19ClN2O/c1-2-17-13(18)5-3-4-12(16)14(17)10-6-8-11(15)9-7-10/h6-9,12,14H,2-5,16H2,1H3. The van der Waals surface area contributed by atoms with Crippen LogP contribution in [0.15, 0.2) is 24.3 Å². The van der Waals surface area contributed by atoms with Gasteiger partial charge in [0.1, 0.15) is 0 Å². The third-order valence-electron chi connectivity index (χ3n) is 3.54. The minimum Gasteiger partial charge on any atom is -0.334 e. The van der Waals surface area contributed by atoms with Crippen molar-refractivity contribution in [2.45, 2.75) is 38.3 Å². The summed E-state index contributed by atoms with van der Waals surface area (Å²) in [6.07, 6.45) is 2.36. The predicted octanol–water partition coefficient (Wildman–Crippen LogP) is 2.74. The topological polar surface area (TPSA) is 46.3 Å². The van der Waals surface area contributed by atoms with Crippen LogP contribution in [0, 0.1) is 0 Å². The van der Waals surface area contributed by atoms with Crippen LogP contribution >= 0.6 is 11.6 Å². The molecule has 1 amide bonds. The third kappa shape index (κ3) is 2.68. The first kappa shape index (κ1) is 13.4. The molecule has 0 aromatic heterocycles. The Morgan fingerprint density at radius 1 is 1.39 bits per heavy atom. The van der Waals surface area contributed by atoms with E-state index in [0.717, 1.165) is 18.4 Å². The largest absolute Gasteiger partial charge is 0.334 e.